The maximum absolute atomic E-state index is 10.5. The summed E-state index contributed by atoms with van der Waals surface area (Å²) in [7, 11) is -4.08. The van der Waals surface area contributed by atoms with Gasteiger partial charge in [-0.05, 0) is 36.4 Å². The number of nitrogen functional groups attached to an aromatic ring is 1. The highest BCUT2D eigenvalue weighted by Crippen LogP contribution is 2.14. The molecule has 102 valence electrons. The van der Waals surface area contributed by atoms with E-state index >= 15 is 0 Å². The van der Waals surface area contributed by atoms with Crippen molar-refractivity contribution in [2.45, 2.75) is 4.90 Å². The van der Waals surface area contributed by atoms with E-state index in [1.54, 1.807) is 6.07 Å². The molecule has 0 fully saturated rings. The van der Waals surface area contributed by atoms with Crippen LogP contribution in [-0.4, -0.2) is 23.2 Å². The van der Waals surface area contributed by atoms with Gasteiger partial charge in [0.25, 0.3) is 10.1 Å². The fraction of sp³-hybridized carbons (Fsp3) is 0. The topological polar surface area (TPSA) is 121 Å². The lowest BCUT2D eigenvalue weighted by molar-refractivity contribution is 0.450. The number of hydrogen-bond donors (Lipinski definition) is 4. The summed E-state index contributed by atoms with van der Waals surface area (Å²) in [4.78, 5) is -0.147. The first-order valence-electron chi connectivity index (χ1n) is 5.10. The summed E-state index contributed by atoms with van der Waals surface area (Å²) in [6.45, 7) is 0. The van der Waals surface area contributed by atoms with Crippen molar-refractivity contribution >= 4 is 15.8 Å². The Morgan fingerprint density at radius 1 is 0.895 bits per heavy atom. The number of hydrogen-bond acceptors (Lipinski definition) is 5. The van der Waals surface area contributed by atoms with Crippen molar-refractivity contribution in [1.82, 2.24) is 0 Å². The Labute approximate surface area is 110 Å². The molecule has 7 heteroatoms. The lowest BCUT2D eigenvalue weighted by Crippen LogP contribution is -1.97. The average Bonchev–Trinajstić information content (AvgIpc) is 2.28. The molecular weight excluding hydrogens is 270 g/mol. The predicted octanol–water partition coefficient (Wildman–Crippen LogP) is 1.61. The largest absolute Gasteiger partial charge is 0.508 e. The number of rotatable bonds is 1. The van der Waals surface area contributed by atoms with E-state index in [-0.39, 0.29) is 16.4 Å². The molecule has 0 bridgehead atoms. The molecular formula is C12H13NO5S. The Bertz CT molecular complexity index is 620. The molecule has 0 unspecified atom stereocenters. The average molecular weight is 283 g/mol. The van der Waals surface area contributed by atoms with Gasteiger partial charge in [-0.25, -0.2) is 0 Å². The van der Waals surface area contributed by atoms with Crippen molar-refractivity contribution in [3.63, 3.8) is 0 Å². The summed E-state index contributed by atoms with van der Waals surface area (Å²) >= 11 is 0. The summed E-state index contributed by atoms with van der Waals surface area (Å²) in [6, 6.07) is 11.1. The standard InChI is InChI=1S/C6H7NO3S.C6H6O2/c7-5-1-3-6(4-2-5)11(8,9)10;7-5-2-1-3-6(8)4-5/h1-4H,7H2,(H,8,9,10);1-4,7-8H. The highest BCUT2D eigenvalue weighted by atomic mass is 32.2. The molecule has 0 radical (unpaired) electrons. The maximum atomic E-state index is 10.5. The molecule has 0 amide bonds. The molecule has 0 saturated carbocycles. The molecule has 0 heterocycles. The fourth-order valence-electron chi connectivity index (χ4n) is 1.13. The van der Waals surface area contributed by atoms with Crippen LogP contribution in [0.25, 0.3) is 0 Å². The van der Waals surface area contributed by atoms with Gasteiger partial charge in [0.1, 0.15) is 11.5 Å². The van der Waals surface area contributed by atoms with Gasteiger partial charge in [0.2, 0.25) is 0 Å². The maximum Gasteiger partial charge on any atom is 0.294 e. The van der Waals surface area contributed by atoms with Crippen molar-refractivity contribution in [2.24, 2.45) is 0 Å². The highest BCUT2D eigenvalue weighted by Gasteiger charge is 2.06. The molecule has 5 N–H and O–H groups in total. The summed E-state index contributed by atoms with van der Waals surface area (Å²) in [5.74, 6) is 0.176. The molecule has 2 aromatic rings. The molecule has 2 rings (SSSR count). The van der Waals surface area contributed by atoms with Gasteiger partial charge in [-0.15, -0.1) is 0 Å². The summed E-state index contributed by atoms with van der Waals surface area (Å²) in [5.41, 5.74) is 5.75. The first kappa shape index (κ1) is 14.8. The lowest BCUT2D eigenvalue weighted by atomic mass is 10.3. The number of phenols is 2. The quantitative estimate of drug-likeness (QED) is 0.466. The van der Waals surface area contributed by atoms with Gasteiger partial charge in [0.15, 0.2) is 0 Å². The first-order valence-corrected chi connectivity index (χ1v) is 6.54. The van der Waals surface area contributed by atoms with Crippen molar-refractivity contribution in [3.05, 3.63) is 48.5 Å². The van der Waals surface area contributed by atoms with Gasteiger partial charge < -0.3 is 15.9 Å². The van der Waals surface area contributed by atoms with Crippen molar-refractivity contribution in [1.29, 1.82) is 0 Å². The van der Waals surface area contributed by atoms with Crippen LogP contribution in [0, 0.1) is 0 Å². The third-order valence-corrected chi connectivity index (χ3v) is 2.88. The second-order valence-corrected chi connectivity index (χ2v) is 4.99. The lowest BCUT2D eigenvalue weighted by Gasteiger charge is -1.95. The molecule has 19 heavy (non-hydrogen) atoms. The van der Waals surface area contributed by atoms with E-state index in [9.17, 15) is 8.42 Å². The van der Waals surface area contributed by atoms with Crippen LogP contribution in [0.2, 0.25) is 0 Å². The van der Waals surface area contributed by atoms with Gasteiger partial charge in [0, 0.05) is 11.8 Å². The van der Waals surface area contributed by atoms with E-state index in [0.29, 0.717) is 5.69 Å². The molecule has 0 aliphatic heterocycles. The van der Waals surface area contributed by atoms with Crippen LogP contribution in [0.5, 0.6) is 11.5 Å². The summed E-state index contributed by atoms with van der Waals surface area (Å²) in [5, 5.41) is 17.3. The molecule has 2 aromatic carbocycles. The minimum Gasteiger partial charge on any atom is -0.508 e. The van der Waals surface area contributed by atoms with Gasteiger partial charge in [-0.3, -0.25) is 4.55 Å². The highest BCUT2D eigenvalue weighted by molar-refractivity contribution is 7.85. The van der Waals surface area contributed by atoms with Crippen LogP contribution >= 0.6 is 0 Å². The molecule has 0 saturated heterocycles. The van der Waals surface area contributed by atoms with Crippen molar-refractivity contribution in [3.8, 4) is 11.5 Å². The van der Waals surface area contributed by atoms with E-state index in [2.05, 4.69) is 0 Å². The van der Waals surface area contributed by atoms with Gasteiger partial charge in [-0.1, -0.05) is 6.07 Å². The van der Waals surface area contributed by atoms with Crippen LogP contribution in [0.15, 0.2) is 53.4 Å². The number of aromatic hydroxyl groups is 2. The minimum atomic E-state index is -4.08. The molecule has 0 aromatic heterocycles. The number of nitrogens with two attached hydrogens (primary N) is 1. The third-order valence-electron chi connectivity index (χ3n) is 2.01. The van der Waals surface area contributed by atoms with E-state index in [4.69, 9.17) is 20.5 Å². The van der Waals surface area contributed by atoms with Gasteiger partial charge >= 0.3 is 0 Å². The zero-order valence-corrected chi connectivity index (χ0v) is 10.6. The van der Waals surface area contributed by atoms with E-state index in [0.717, 1.165) is 0 Å². The molecule has 0 spiro atoms. The van der Waals surface area contributed by atoms with Gasteiger partial charge in [0.05, 0.1) is 4.90 Å². The number of anilines is 1. The monoisotopic (exact) mass is 283 g/mol. The third kappa shape index (κ3) is 5.28. The van der Waals surface area contributed by atoms with E-state index in [1.165, 1.54) is 42.5 Å². The Balaban J connectivity index is 0.000000200. The van der Waals surface area contributed by atoms with Crippen LogP contribution in [0.3, 0.4) is 0 Å². The van der Waals surface area contributed by atoms with Gasteiger partial charge in [-0.2, -0.15) is 8.42 Å². The SMILES string of the molecule is Nc1ccc(S(=O)(=O)O)cc1.Oc1cccc(O)c1. The summed E-state index contributed by atoms with van der Waals surface area (Å²) < 4.78 is 29.4. The Kier molecular flexibility index (Phi) is 4.74. The normalized spacial score (nSPS) is 10.4. The number of phenolic OH excluding ortho intramolecular Hbond substituents is 2. The van der Waals surface area contributed by atoms with Crippen molar-refractivity contribution < 1.29 is 23.2 Å². The predicted molar refractivity (Wildman–Crippen MR) is 70.4 cm³/mol. The Morgan fingerprint density at radius 3 is 1.68 bits per heavy atom. The van der Waals surface area contributed by atoms with E-state index < -0.39 is 10.1 Å². The zero-order valence-electron chi connectivity index (χ0n) is 9.76. The van der Waals surface area contributed by atoms with Crippen molar-refractivity contribution in [2.75, 3.05) is 5.73 Å². The first-order chi connectivity index (χ1) is 8.79. The summed E-state index contributed by atoms with van der Waals surface area (Å²) in [6.07, 6.45) is 0. The van der Waals surface area contributed by atoms with E-state index in [1.807, 2.05) is 0 Å². The smallest absolute Gasteiger partial charge is 0.294 e. The second-order valence-electron chi connectivity index (χ2n) is 3.56. The minimum absolute atomic E-state index is 0.0880. The molecule has 0 aliphatic rings. The Hall–Kier alpha value is -2.25. The zero-order chi connectivity index (χ0) is 14.5. The Morgan fingerprint density at radius 2 is 1.37 bits per heavy atom. The second kappa shape index (κ2) is 6.07. The van der Waals surface area contributed by atoms with Crippen LogP contribution in [0.4, 0.5) is 5.69 Å². The molecule has 0 aliphatic carbocycles. The number of benzene rings is 2. The molecule has 0 atom stereocenters. The van der Waals surface area contributed by atoms with Crippen LogP contribution in [-0.2, 0) is 10.1 Å². The fourth-order valence-corrected chi connectivity index (χ4v) is 1.61. The molecule has 6 nitrogen and oxygen atoms in total. The van der Waals surface area contributed by atoms with Crippen LogP contribution in [0.1, 0.15) is 0 Å². The van der Waals surface area contributed by atoms with Crippen LogP contribution < -0.4 is 5.73 Å².